The molecule has 5 nitrogen and oxygen atoms in total. The molecule has 108 valence electrons. The molecular weight excluding hydrogens is 308 g/mol. The smallest absolute Gasteiger partial charge is 0.262 e. The molecule has 2 aromatic rings. The fourth-order valence-corrected chi connectivity index (χ4v) is 3.15. The second-order valence-corrected chi connectivity index (χ2v) is 5.93. The Bertz CT molecular complexity index is 711. The molecule has 1 aliphatic rings. The van der Waals surface area contributed by atoms with Gasteiger partial charge in [0.25, 0.3) is 5.91 Å². The molecule has 0 bridgehead atoms. The van der Waals surface area contributed by atoms with Crippen molar-refractivity contribution in [3.05, 3.63) is 46.7 Å². The molecule has 2 heterocycles. The Balaban J connectivity index is 1.93. The van der Waals surface area contributed by atoms with E-state index in [-0.39, 0.29) is 5.91 Å². The van der Waals surface area contributed by atoms with E-state index in [0.717, 1.165) is 18.0 Å². The standard InChI is InChI=1S/C14H13ClN4OS/c1-9-11(13(20)17-14-16-7-8-21-14)12(15)19(18-9)10-5-3-2-4-6-10/h2-6H,7-8H2,1H3,(H,16,17,20). The SMILES string of the molecule is Cc1nn(-c2ccccc2)c(Cl)c1C(=O)NC1=NCCS1. The summed E-state index contributed by atoms with van der Waals surface area (Å²) in [5.41, 5.74) is 1.79. The minimum atomic E-state index is -0.271. The number of hydrogen-bond acceptors (Lipinski definition) is 4. The van der Waals surface area contributed by atoms with Crippen LogP contribution in [0, 0.1) is 6.92 Å². The van der Waals surface area contributed by atoms with Crippen LogP contribution in [-0.4, -0.2) is 33.2 Å². The van der Waals surface area contributed by atoms with Gasteiger partial charge in [-0.1, -0.05) is 41.6 Å². The van der Waals surface area contributed by atoms with Gasteiger partial charge in [0.2, 0.25) is 0 Å². The summed E-state index contributed by atoms with van der Waals surface area (Å²) in [5.74, 6) is 0.624. The van der Waals surface area contributed by atoms with E-state index in [2.05, 4.69) is 15.4 Å². The normalized spacial score (nSPS) is 14.1. The highest BCUT2D eigenvalue weighted by molar-refractivity contribution is 8.14. The average Bonchev–Trinajstić information content (AvgIpc) is 3.08. The number of hydrogen-bond donors (Lipinski definition) is 1. The summed E-state index contributed by atoms with van der Waals surface area (Å²) in [5, 5.41) is 8.08. The molecule has 21 heavy (non-hydrogen) atoms. The molecular formula is C14H13ClN4OS. The van der Waals surface area contributed by atoms with Crippen LogP contribution in [-0.2, 0) is 0 Å². The summed E-state index contributed by atoms with van der Waals surface area (Å²) in [6.45, 7) is 2.50. The molecule has 3 rings (SSSR count). The summed E-state index contributed by atoms with van der Waals surface area (Å²) >= 11 is 7.87. The molecule has 0 spiro atoms. The number of aryl methyl sites for hydroxylation is 1. The van der Waals surface area contributed by atoms with Gasteiger partial charge in [-0.05, 0) is 19.1 Å². The van der Waals surface area contributed by atoms with Gasteiger partial charge in [0.05, 0.1) is 17.9 Å². The van der Waals surface area contributed by atoms with Crippen molar-refractivity contribution in [2.24, 2.45) is 4.99 Å². The number of para-hydroxylation sites is 1. The lowest BCUT2D eigenvalue weighted by atomic mass is 10.2. The third kappa shape index (κ3) is 2.82. The van der Waals surface area contributed by atoms with E-state index in [1.165, 1.54) is 11.8 Å². The number of thioether (sulfide) groups is 1. The zero-order valence-electron chi connectivity index (χ0n) is 11.3. The Kier molecular flexibility index (Phi) is 3.98. The zero-order valence-corrected chi connectivity index (χ0v) is 12.9. The summed E-state index contributed by atoms with van der Waals surface area (Å²) < 4.78 is 1.56. The molecule has 1 aromatic carbocycles. The Morgan fingerprint density at radius 1 is 1.38 bits per heavy atom. The van der Waals surface area contributed by atoms with Crippen molar-refractivity contribution in [3.63, 3.8) is 0 Å². The predicted molar refractivity (Wildman–Crippen MR) is 85.5 cm³/mol. The Morgan fingerprint density at radius 2 is 2.14 bits per heavy atom. The number of amides is 1. The van der Waals surface area contributed by atoms with Crippen LogP contribution in [0.4, 0.5) is 0 Å². The first kappa shape index (κ1) is 14.2. The first-order chi connectivity index (χ1) is 10.2. The van der Waals surface area contributed by atoms with Crippen molar-refractivity contribution in [2.45, 2.75) is 6.92 Å². The molecule has 0 atom stereocenters. The van der Waals surface area contributed by atoms with Crippen molar-refractivity contribution in [3.8, 4) is 5.69 Å². The number of aliphatic imine (C=N–C) groups is 1. The van der Waals surface area contributed by atoms with Crippen LogP contribution >= 0.6 is 23.4 Å². The first-order valence-corrected chi connectivity index (χ1v) is 7.82. The molecule has 0 saturated heterocycles. The topological polar surface area (TPSA) is 59.3 Å². The van der Waals surface area contributed by atoms with Gasteiger partial charge in [0, 0.05) is 5.75 Å². The van der Waals surface area contributed by atoms with Gasteiger partial charge in [-0.3, -0.25) is 9.79 Å². The second-order valence-electron chi connectivity index (χ2n) is 4.49. The van der Waals surface area contributed by atoms with Crippen LogP contribution in [0.15, 0.2) is 35.3 Å². The summed E-state index contributed by atoms with van der Waals surface area (Å²) in [4.78, 5) is 16.5. The lowest BCUT2D eigenvalue weighted by Gasteiger charge is -2.04. The third-order valence-corrected chi connectivity index (χ3v) is 4.28. The molecule has 1 aliphatic heterocycles. The van der Waals surface area contributed by atoms with E-state index in [0.29, 0.717) is 21.6 Å². The number of halogens is 1. The van der Waals surface area contributed by atoms with Crippen LogP contribution in [0.5, 0.6) is 0 Å². The summed E-state index contributed by atoms with van der Waals surface area (Å²) in [7, 11) is 0. The highest BCUT2D eigenvalue weighted by atomic mass is 35.5. The highest BCUT2D eigenvalue weighted by Crippen LogP contribution is 2.23. The van der Waals surface area contributed by atoms with Crippen molar-refractivity contribution in [1.82, 2.24) is 15.1 Å². The van der Waals surface area contributed by atoms with Gasteiger partial charge in [0.1, 0.15) is 10.7 Å². The number of amidine groups is 1. The lowest BCUT2D eigenvalue weighted by Crippen LogP contribution is -2.27. The number of carbonyl (C=O) groups excluding carboxylic acids is 1. The monoisotopic (exact) mass is 320 g/mol. The van der Waals surface area contributed by atoms with Gasteiger partial charge in [-0.25, -0.2) is 4.68 Å². The van der Waals surface area contributed by atoms with Crippen molar-refractivity contribution in [1.29, 1.82) is 0 Å². The van der Waals surface area contributed by atoms with Crippen LogP contribution in [0.3, 0.4) is 0 Å². The largest absolute Gasteiger partial charge is 0.301 e. The average molecular weight is 321 g/mol. The van der Waals surface area contributed by atoms with Crippen LogP contribution in [0.2, 0.25) is 5.15 Å². The summed E-state index contributed by atoms with van der Waals surface area (Å²) in [6, 6.07) is 9.48. The zero-order chi connectivity index (χ0) is 14.8. The van der Waals surface area contributed by atoms with Gasteiger partial charge in [-0.2, -0.15) is 5.10 Å². The second kappa shape index (κ2) is 5.91. The molecule has 1 aromatic heterocycles. The van der Waals surface area contributed by atoms with E-state index in [1.54, 1.807) is 11.6 Å². The Hall–Kier alpha value is -1.79. The van der Waals surface area contributed by atoms with Crippen molar-refractivity contribution in [2.75, 3.05) is 12.3 Å². The van der Waals surface area contributed by atoms with E-state index in [1.807, 2.05) is 30.3 Å². The van der Waals surface area contributed by atoms with Crippen molar-refractivity contribution >= 4 is 34.4 Å². The molecule has 0 saturated carbocycles. The molecule has 0 aliphatic carbocycles. The minimum Gasteiger partial charge on any atom is -0.301 e. The van der Waals surface area contributed by atoms with Gasteiger partial charge < -0.3 is 5.32 Å². The number of benzene rings is 1. The highest BCUT2D eigenvalue weighted by Gasteiger charge is 2.22. The van der Waals surface area contributed by atoms with Gasteiger partial charge in [-0.15, -0.1) is 0 Å². The van der Waals surface area contributed by atoms with Gasteiger partial charge >= 0.3 is 0 Å². The molecule has 0 unspecified atom stereocenters. The number of nitrogens with zero attached hydrogens (tertiary/aromatic N) is 3. The lowest BCUT2D eigenvalue weighted by molar-refractivity contribution is 0.0977. The molecule has 7 heteroatoms. The minimum absolute atomic E-state index is 0.271. The Morgan fingerprint density at radius 3 is 2.81 bits per heavy atom. The van der Waals surface area contributed by atoms with Crippen LogP contribution < -0.4 is 5.32 Å². The molecule has 1 N–H and O–H groups in total. The Labute approximate surface area is 131 Å². The predicted octanol–water partition coefficient (Wildman–Crippen LogP) is 2.67. The van der Waals surface area contributed by atoms with E-state index >= 15 is 0 Å². The van der Waals surface area contributed by atoms with Crippen LogP contribution in [0.1, 0.15) is 16.1 Å². The van der Waals surface area contributed by atoms with Crippen molar-refractivity contribution < 1.29 is 4.79 Å². The number of aromatic nitrogens is 2. The summed E-state index contributed by atoms with van der Waals surface area (Å²) in [6.07, 6.45) is 0. The maximum Gasteiger partial charge on any atom is 0.262 e. The molecule has 1 amide bonds. The van der Waals surface area contributed by atoms with E-state index in [4.69, 9.17) is 11.6 Å². The number of nitrogens with one attached hydrogen (secondary N) is 1. The first-order valence-electron chi connectivity index (χ1n) is 6.46. The molecule has 0 radical (unpaired) electrons. The molecule has 0 fully saturated rings. The van der Waals surface area contributed by atoms with Crippen LogP contribution in [0.25, 0.3) is 5.69 Å². The van der Waals surface area contributed by atoms with Gasteiger partial charge in [0.15, 0.2) is 5.17 Å². The fourth-order valence-electron chi connectivity index (χ4n) is 2.07. The van der Waals surface area contributed by atoms with E-state index < -0.39 is 0 Å². The maximum absolute atomic E-state index is 12.3. The number of carbonyl (C=O) groups is 1. The fraction of sp³-hybridized carbons (Fsp3) is 0.214. The quantitative estimate of drug-likeness (QED) is 0.925. The maximum atomic E-state index is 12.3. The van der Waals surface area contributed by atoms with E-state index in [9.17, 15) is 4.79 Å². The third-order valence-electron chi connectivity index (χ3n) is 3.04. The number of rotatable bonds is 2.